The Morgan fingerprint density at radius 3 is 2.61 bits per heavy atom. The van der Waals surface area contributed by atoms with Crippen LogP contribution in [-0.4, -0.2) is 17.7 Å². The molecule has 0 aromatic heterocycles. The lowest BCUT2D eigenvalue weighted by atomic mass is 9.95. The largest absolute Gasteiger partial charge is 0.491 e. The van der Waals surface area contributed by atoms with Crippen molar-refractivity contribution < 1.29 is 14.6 Å². The minimum absolute atomic E-state index is 0.0551. The summed E-state index contributed by atoms with van der Waals surface area (Å²) in [6.45, 7) is 5.11. The molecule has 0 fully saturated rings. The number of ether oxygens (including phenoxy) is 1. The third-order valence-electron chi connectivity index (χ3n) is 2.65. The number of nitrogens with two attached hydrogens (primary N) is 1. The smallest absolute Gasteiger partial charge is 0.312 e. The minimum atomic E-state index is -0.955. The molecule has 4 nitrogen and oxygen atoms in total. The highest BCUT2D eigenvalue weighted by Gasteiger charge is 2.28. The van der Waals surface area contributed by atoms with Crippen LogP contribution >= 0.6 is 11.6 Å². The molecule has 0 aliphatic heterocycles. The van der Waals surface area contributed by atoms with Crippen LogP contribution in [0, 0.1) is 5.41 Å². The van der Waals surface area contributed by atoms with E-state index in [4.69, 9.17) is 27.2 Å². The van der Waals surface area contributed by atoms with Gasteiger partial charge < -0.3 is 15.6 Å². The molecule has 0 bridgehead atoms. The number of carboxylic acids is 1. The lowest BCUT2D eigenvalue weighted by Crippen LogP contribution is -2.30. The first kappa shape index (κ1) is 14.8. The second kappa shape index (κ2) is 5.59. The highest BCUT2D eigenvalue weighted by atomic mass is 35.5. The SMILES string of the molecule is C[C@@H](N)c1ccc(OCC(C)(C)C(=O)O)c(Cl)c1. The Morgan fingerprint density at radius 1 is 1.56 bits per heavy atom. The molecule has 1 aromatic carbocycles. The van der Waals surface area contributed by atoms with Gasteiger partial charge in [0.2, 0.25) is 0 Å². The van der Waals surface area contributed by atoms with Gasteiger partial charge in [-0.05, 0) is 38.5 Å². The summed E-state index contributed by atoms with van der Waals surface area (Å²) in [5.41, 5.74) is 5.69. The molecule has 0 aliphatic rings. The van der Waals surface area contributed by atoms with Crippen molar-refractivity contribution in [2.24, 2.45) is 11.1 Å². The zero-order valence-corrected chi connectivity index (χ0v) is 11.5. The number of halogens is 1. The fourth-order valence-corrected chi connectivity index (χ4v) is 1.48. The van der Waals surface area contributed by atoms with Crippen molar-refractivity contribution in [2.45, 2.75) is 26.8 Å². The van der Waals surface area contributed by atoms with E-state index in [-0.39, 0.29) is 12.6 Å². The highest BCUT2D eigenvalue weighted by molar-refractivity contribution is 6.32. The molecular formula is C13H18ClNO3. The van der Waals surface area contributed by atoms with Gasteiger partial charge in [-0.1, -0.05) is 17.7 Å². The molecule has 0 spiro atoms. The maximum atomic E-state index is 10.9. The first-order valence-electron chi connectivity index (χ1n) is 5.65. The van der Waals surface area contributed by atoms with E-state index in [1.807, 2.05) is 13.0 Å². The predicted octanol–water partition coefficient (Wildman–Crippen LogP) is 2.85. The van der Waals surface area contributed by atoms with E-state index in [0.717, 1.165) is 5.56 Å². The van der Waals surface area contributed by atoms with Gasteiger partial charge in [-0.3, -0.25) is 4.79 Å². The van der Waals surface area contributed by atoms with Gasteiger partial charge in [-0.25, -0.2) is 0 Å². The molecule has 100 valence electrons. The van der Waals surface area contributed by atoms with Crippen LogP contribution in [0.4, 0.5) is 0 Å². The molecule has 0 saturated carbocycles. The number of benzene rings is 1. The van der Waals surface area contributed by atoms with Crippen LogP contribution < -0.4 is 10.5 Å². The Kier molecular flexibility index (Phi) is 4.59. The Balaban J connectivity index is 2.78. The molecule has 1 aromatic rings. The van der Waals surface area contributed by atoms with Crippen LogP contribution in [0.15, 0.2) is 18.2 Å². The lowest BCUT2D eigenvalue weighted by Gasteiger charge is -2.20. The average Bonchev–Trinajstić information content (AvgIpc) is 2.26. The Bertz CT molecular complexity index is 444. The highest BCUT2D eigenvalue weighted by Crippen LogP contribution is 2.29. The van der Waals surface area contributed by atoms with E-state index in [1.54, 1.807) is 26.0 Å². The standard InChI is InChI=1S/C13H18ClNO3/c1-8(15)9-4-5-11(10(14)6-9)18-7-13(2,3)12(16)17/h4-6,8H,7,15H2,1-3H3,(H,16,17)/t8-/m1/s1. The fraction of sp³-hybridized carbons (Fsp3) is 0.462. The number of rotatable bonds is 5. The van der Waals surface area contributed by atoms with Crippen molar-refractivity contribution in [3.63, 3.8) is 0 Å². The zero-order chi connectivity index (χ0) is 13.9. The van der Waals surface area contributed by atoms with Gasteiger partial charge in [0.05, 0.1) is 10.4 Å². The first-order chi connectivity index (χ1) is 8.24. The number of carbonyl (C=O) groups is 1. The van der Waals surface area contributed by atoms with Crippen molar-refractivity contribution in [1.29, 1.82) is 0 Å². The van der Waals surface area contributed by atoms with Gasteiger partial charge in [0.25, 0.3) is 0 Å². The second-order valence-corrected chi connectivity index (χ2v) is 5.36. The molecule has 0 heterocycles. The summed E-state index contributed by atoms with van der Waals surface area (Å²) >= 11 is 6.05. The van der Waals surface area contributed by atoms with E-state index in [2.05, 4.69) is 0 Å². The summed E-state index contributed by atoms with van der Waals surface area (Å²) in [6.07, 6.45) is 0. The van der Waals surface area contributed by atoms with E-state index in [1.165, 1.54) is 0 Å². The summed E-state index contributed by atoms with van der Waals surface area (Å²) in [5.74, 6) is -0.443. The Morgan fingerprint density at radius 2 is 2.17 bits per heavy atom. The number of hydrogen-bond acceptors (Lipinski definition) is 3. The maximum absolute atomic E-state index is 10.9. The van der Waals surface area contributed by atoms with Gasteiger partial charge in [0, 0.05) is 6.04 Å². The number of aliphatic carboxylic acids is 1. The molecular weight excluding hydrogens is 254 g/mol. The van der Waals surface area contributed by atoms with Crippen LogP contribution in [0.2, 0.25) is 5.02 Å². The van der Waals surface area contributed by atoms with Crippen molar-refractivity contribution >= 4 is 17.6 Å². The van der Waals surface area contributed by atoms with Gasteiger partial charge in [0.15, 0.2) is 0 Å². The monoisotopic (exact) mass is 271 g/mol. The molecule has 3 N–H and O–H groups in total. The quantitative estimate of drug-likeness (QED) is 0.864. The molecule has 0 radical (unpaired) electrons. The van der Waals surface area contributed by atoms with Gasteiger partial charge in [0.1, 0.15) is 12.4 Å². The van der Waals surface area contributed by atoms with Crippen LogP contribution in [0.5, 0.6) is 5.75 Å². The van der Waals surface area contributed by atoms with Crippen molar-refractivity contribution in [2.75, 3.05) is 6.61 Å². The third kappa shape index (κ3) is 3.62. The van der Waals surface area contributed by atoms with E-state index >= 15 is 0 Å². The van der Waals surface area contributed by atoms with Gasteiger partial charge in [-0.15, -0.1) is 0 Å². The summed E-state index contributed by atoms with van der Waals surface area (Å²) in [5, 5.41) is 9.41. The zero-order valence-electron chi connectivity index (χ0n) is 10.7. The third-order valence-corrected chi connectivity index (χ3v) is 2.94. The summed E-state index contributed by atoms with van der Waals surface area (Å²) < 4.78 is 5.44. The van der Waals surface area contributed by atoms with Crippen LogP contribution in [0.1, 0.15) is 32.4 Å². The van der Waals surface area contributed by atoms with Crippen molar-refractivity contribution in [3.05, 3.63) is 28.8 Å². The minimum Gasteiger partial charge on any atom is -0.491 e. The summed E-state index contributed by atoms with van der Waals surface area (Å²) in [6, 6.07) is 5.15. The average molecular weight is 272 g/mol. The molecule has 0 amide bonds. The Hall–Kier alpha value is -1.26. The summed E-state index contributed by atoms with van der Waals surface area (Å²) in [7, 11) is 0. The van der Waals surface area contributed by atoms with E-state index < -0.39 is 11.4 Å². The molecule has 1 rings (SSSR count). The molecule has 0 unspecified atom stereocenters. The van der Waals surface area contributed by atoms with Crippen molar-refractivity contribution in [3.8, 4) is 5.75 Å². The van der Waals surface area contributed by atoms with Gasteiger partial charge >= 0.3 is 5.97 Å². The maximum Gasteiger partial charge on any atom is 0.312 e. The molecule has 0 saturated heterocycles. The van der Waals surface area contributed by atoms with E-state index in [0.29, 0.717) is 10.8 Å². The topological polar surface area (TPSA) is 72.5 Å². The second-order valence-electron chi connectivity index (χ2n) is 4.96. The Labute approximate surface area is 112 Å². The van der Waals surface area contributed by atoms with E-state index in [9.17, 15) is 4.79 Å². The van der Waals surface area contributed by atoms with Crippen LogP contribution in [0.25, 0.3) is 0 Å². The molecule has 18 heavy (non-hydrogen) atoms. The summed E-state index contributed by atoms with van der Waals surface area (Å²) in [4.78, 5) is 10.9. The number of hydrogen-bond donors (Lipinski definition) is 2. The first-order valence-corrected chi connectivity index (χ1v) is 6.03. The fourth-order valence-electron chi connectivity index (χ4n) is 1.24. The van der Waals surface area contributed by atoms with Crippen LogP contribution in [0.3, 0.4) is 0 Å². The number of carboxylic acid groups (broad SMARTS) is 1. The molecule has 5 heteroatoms. The lowest BCUT2D eigenvalue weighted by molar-refractivity contribution is -0.148. The molecule has 1 atom stereocenters. The van der Waals surface area contributed by atoms with Crippen LogP contribution in [-0.2, 0) is 4.79 Å². The van der Waals surface area contributed by atoms with Crippen molar-refractivity contribution in [1.82, 2.24) is 0 Å². The van der Waals surface area contributed by atoms with Gasteiger partial charge in [-0.2, -0.15) is 0 Å². The normalized spacial score (nSPS) is 13.2. The molecule has 0 aliphatic carbocycles. The predicted molar refractivity (Wildman–Crippen MR) is 71.0 cm³/mol.